The number of methoxy groups -OCH3 is 1. The molecule has 0 aliphatic carbocycles. The van der Waals surface area contributed by atoms with Gasteiger partial charge in [-0.3, -0.25) is 14.4 Å². The van der Waals surface area contributed by atoms with E-state index in [-0.39, 0.29) is 46.7 Å². The Balaban J connectivity index is 1.41. The van der Waals surface area contributed by atoms with Crippen molar-refractivity contribution in [3.05, 3.63) is 59.6 Å². The van der Waals surface area contributed by atoms with Crippen molar-refractivity contribution in [2.75, 3.05) is 12.4 Å². The van der Waals surface area contributed by atoms with Gasteiger partial charge in [0.05, 0.1) is 47.0 Å². The molecule has 5 atom stereocenters. The van der Waals surface area contributed by atoms with Crippen LogP contribution in [-0.2, 0) is 16.6 Å². The fraction of sp³-hybridized carbons (Fsp3) is 0.357. The van der Waals surface area contributed by atoms with Crippen LogP contribution in [0.4, 0.5) is 11.4 Å². The lowest BCUT2D eigenvalue weighted by atomic mass is 9.96. The maximum atomic E-state index is 12.4. The van der Waals surface area contributed by atoms with E-state index in [1.165, 1.54) is 19.2 Å². The second-order valence-electron chi connectivity index (χ2n) is 10.4. The standard InChI is InChI=1S/C28H31ClN8O3/c1-4-18-8-17(9-24-26(37(18)24)28(39)40-3)33-25-20(27(30)34-22-6-5-19(38)10-21(22)29)12-32-36-14-15(7-23(25)36)16-11-31-35(2)13-16/h5-7,10-14,17-18,24,26,33,38H,4,8-9H2,1-3H3,(H2,30,34). The van der Waals surface area contributed by atoms with E-state index in [0.717, 1.165) is 41.6 Å². The SMILES string of the molecule is CCC1CC(Nc2c(/C(N)=N/c3ccc(O)cc3Cl)cnn3cc(-c4cnn(C)c4)cc23)CC2C(C(=O)OC)N12. The summed E-state index contributed by atoms with van der Waals surface area (Å²) in [6.45, 7) is 2.14. The molecule has 0 bridgehead atoms. The summed E-state index contributed by atoms with van der Waals surface area (Å²) in [5, 5.41) is 22.7. The number of carbonyl (C=O) groups excluding carboxylic acids is 1. The largest absolute Gasteiger partial charge is 0.508 e. The predicted octanol–water partition coefficient (Wildman–Crippen LogP) is 3.71. The normalized spacial score (nSPS) is 24.1. The number of anilines is 1. The molecule has 4 aromatic rings. The fourth-order valence-corrected chi connectivity index (χ4v) is 6.11. The van der Waals surface area contributed by atoms with Crippen LogP contribution in [0.3, 0.4) is 0 Å². The van der Waals surface area contributed by atoms with Gasteiger partial charge in [0.25, 0.3) is 0 Å². The van der Waals surface area contributed by atoms with Crippen molar-refractivity contribution >= 4 is 40.3 Å². The lowest BCUT2D eigenvalue weighted by Gasteiger charge is -2.31. The van der Waals surface area contributed by atoms with Gasteiger partial charge in [0.15, 0.2) is 0 Å². The Bertz CT molecular complexity index is 1630. The molecule has 208 valence electrons. The highest BCUT2D eigenvalue weighted by molar-refractivity contribution is 6.33. The van der Waals surface area contributed by atoms with Gasteiger partial charge in [-0.2, -0.15) is 10.2 Å². The molecule has 2 aliphatic rings. The first kappa shape index (κ1) is 26.1. The molecule has 5 unspecified atom stereocenters. The Morgan fingerprint density at radius 3 is 2.75 bits per heavy atom. The minimum absolute atomic E-state index is 0.0474. The number of nitrogens with zero attached hydrogens (tertiary/aromatic N) is 6. The van der Waals surface area contributed by atoms with Gasteiger partial charge in [-0.25, -0.2) is 9.51 Å². The van der Waals surface area contributed by atoms with Crippen molar-refractivity contribution in [1.82, 2.24) is 24.3 Å². The third-order valence-electron chi connectivity index (χ3n) is 7.87. The number of esters is 1. The van der Waals surface area contributed by atoms with Crippen LogP contribution in [0.25, 0.3) is 16.6 Å². The molecule has 1 aromatic carbocycles. The first-order valence-electron chi connectivity index (χ1n) is 13.2. The maximum Gasteiger partial charge on any atom is 0.324 e. The second-order valence-corrected chi connectivity index (χ2v) is 10.8. The molecule has 5 heterocycles. The summed E-state index contributed by atoms with van der Waals surface area (Å²) in [4.78, 5) is 19.2. The number of fused-ring (bicyclic) bond motifs is 2. The molecule has 4 N–H and O–H groups in total. The monoisotopic (exact) mass is 562 g/mol. The van der Waals surface area contributed by atoms with Crippen LogP contribution in [0, 0.1) is 0 Å². The van der Waals surface area contributed by atoms with Gasteiger partial charge in [-0.15, -0.1) is 0 Å². The summed E-state index contributed by atoms with van der Waals surface area (Å²) < 4.78 is 8.64. The smallest absolute Gasteiger partial charge is 0.324 e. The number of phenols is 1. The van der Waals surface area contributed by atoms with Crippen LogP contribution in [0.1, 0.15) is 31.7 Å². The van der Waals surface area contributed by atoms with Crippen molar-refractivity contribution < 1.29 is 14.6 Å². The third-order valence-corrected chi connectivity index (χ3v) is 8.17. The molecule has 40 heavy (non-hydrogen) atoms. The van der Waals surface area contributed by atoms with Gasteiger partial charge in [0, 0.05) is 54.8 Å². The molecule has 2 fully saturated rings. The number of phenolic OH excluding ortho intramolecular Hbond substituents is 1. The Labute approximate surface area is 236 Å². The number of carbonyl (C=O) groups is 1. The second kappa shape index (κ2) is 10.1. The van der Waals surface area contributed by atoms with E-state index in [4.69, 9.17) is 22.1 Å². The topological polar surface area (TPSA) is 135 Å². The van der Waals surface area contributed by atoms with Crippen LogP contribution in [0.5, 0.6) is 5.75 Å². The molecule has 2 aliphatic heterocycles. The Kier molecular flexibility index (Phi) is 6.63. The number of nitrogens with one attached hydrogen (secondary N) is 1. The van der Waals surface area contributed by atoms with E-state index in [2.05, 4.69) is 38.4 Å². The zero-order valence-corrected chi connectivity index (χ0v) is 23.2. The number of aryl methyl sites for hydroxylation is 1. The molecular formula is C28H31ClN8O3. The molecule has 11 nitrogen and oxygen atoms in total. The van der Waals surface area contributed by atoms with E-state index >= 15 is 0 Å². The number of benzene rings is 1. The van der Waals surface area contributed by atoms with Crippen LogP contribution in [0.15, 0.2) is 54.0 Å². The number of aromatic nitrogens is 4. The quantitative estimate of drug-likeness (QED) is 0.134. The van der Waals surface area contributed by atoms with E-state index in [0.29, 0.717) is 11.3 Å². The lowest BCUT2D eigenvalue weighted by Crippen LogP contribution is -2.37. The zero-order chi connectivity index (χ0) is 28.1. The number of aromatic hydroxyl groups is 1. The third kappa shape index (κ3) is 4.65. The van der Waals surface area contributed by atoms with Gasteiger partial charge >= 0.3 is 5.97 Å². The van der Waals surface area contributed by atoms with Gasteiger partial charge < -0.3 is 20.9 Å². The summed E-state index contributed by atoms with van der Waals surface area (Å²) in [7, 11) is 3.32. The number of amidine groups is 1. The van der Waals surface area contributed by atoms with E-state index in [9.17, 15) is 9.90 Å². The molecule has 0 saturated carbocycles. The molecule has 0 amide bonds. The van der Waals surface area contributed by atoms with Gasteiger partial charge in [-0.1, -0.05) is 18.5 Å². The Morgan fingerprint density at radius 1 is 1.23 bits per heavy atom. The highest BCUT2D eigenvalue weighted by atomic mass is 35.5. The minimum atomic E-state index is -0.188. The van der Waals surface area contributed by atoms with Crippen LogP contribution in [-0.4, -0.2) is 72.5 Å². The number of piperidine rings is 1. The van der Waals surface area contributed by atoms with Crippen LogP contribution >= 0.6 is 11.6 Å². The molecule has 0 radical (unpaired) electrons. The van der Waals surface area contributed by atoms with Crippen molar-refractivity contribution in [3.63, 3.8) is 0 Å². The lowest BCUT2D eigenvalue weighted by molar-refractivity contribution is -0.141. The number of hydrogen-bond donors (Lipinski definition) is 3. The zero-order valence-electron chi connectivity index (χ0n) is 22.5. The van der Waals surface area contributed by atoms with Crippen molar-refractivity contribution in [1.29, 1.82) is 0 Å². The highest BCUT2D eigenvalue weighted by Gasteiger charge is 2.59. The van der Waals surface area contributed by atoms with E-state index in [1.807, 2.05) is 30.2 Å². The highest BCUT2D eigenvalue weighted by Crippen LogP contribution is 2.44. The van der Waals surface area contributed by atoms with Crippen molar-refractivity contribution in [2.24, 2.45) is 17.8 Å². The summed E-state index contributed by atoms with van der Waals surface area (Å²) >= 11 is 6.32. The average molecular weight is 563 g/mol. The Morgan fingerprint density at radius 2 is 2.05 bits per heavy atom. The van der Waals surface area contributed by atoms with Crippen LogP contribution < -0.4 is 11.1 Å². The molecule has 12 heteroatoms. The summed E-state index contributed by atoms with van der Waals surface area (Å²) in [6.07, 6.45) is 10.0. The molecular weight excluding hydrogens is 532 g/mol. The number of rotatable bonds is 7. The number of hydrogen-bond acceptors (Lipinski definition) is 8. The number of aliphatic imine (C=N–C) groups is 1. The van der Waals surface area contributed by atoms with Gasteiger partial charge in [0.2, 0.25) is 0 Å². The van der Waals surface area contributed by atoms with E-state index < -0.39 is 0 Å². The van der Waals surface area contributed by atoms with Gasteiger partial charge in [0.1, 0.15) is 17.6 Å². The van der Waals surface area contributed by atoms with Crippen molar-refractivity contribution in [3.8, 4) is 16.9 Å². The molecule has 2 saturated heterocycles. The number of halogens is 1. The van der Waals surface area contributed by atoms with E-state index in [1.54, 1.807) is 16.9 Å². The predicted molar refractivity (Wildman–Crippen MR) is 153 cm³/mol. The maximum absolute atomic E-state index is 12.4. The molecule has 3 aromatic heterocycles. The van der Waals surface area contributed by atoms with Crippen LogP contribution in [0.2, 0.25) is 5.02 Å². The molecule has 0 spiro atoms. The molecule has 6 rings (SSSR count). The minimum Gasteiger partial charge on any atom is -0.508 e. The first-order chi connectivity index (χ1) is 19.3. The number of ether oxygens (including phenoxy) is 1. The van der Waals surface area contributed by atoms with Gasteiger partial charge in [-0.05, 0) is 37.5 Å². The fourth-order valence-electron chi connectivity index (χ4n) is 5.89. The van der Waals surface area contributed by atoms with Crippen molar-refractivity contribution in [2.45, 2.75) is 50.4 Å². The summed E-state index contributed by atoms with van der Waals surface area (Å²) in [6, 6.07) is 6.91. The average Bonchev–Trinajstić information content (AvgIpc) is 3.24. The first-order valence-corrected chi connectivity index (χ1v) is 13.6. The Hall–Kier alpha value is -4.09. The summed E-state index contributed by atoms with van der Waals surface area (Å²) in [5.41, 5.74) is 11.2. The summed E-state index contributed by atoms with van der Waals surface area (Å²) in [5.74, 6) is 0.106. The number of nitrogens with two attached hydrogens (primary N) is 1.